The maximum Gasteiger partial charge on any atom is 0.281 e. The van der Waals surface area contributed by atoms with E-state index in [2.05, 4.69) is 22.0 Å². The van der Waals surface area contributed by atoms with Crippen molar-refractivity contribution >= 4 is 17.3 Å². The van der Waals surface area contributed by atoms with Gasteiger partial charge in [-0.25, -0.2) is 4.39 Å². The van der Waals surface area contributed by atoms with Crippen LogP contribution in [0.3, 0.4) is 0 Å². The topological polar surface area (TPSA) is 48.4 Å². The fourth-order valence-corrected chi connectivity index (χ4v) is 3.21. The zero-order valence-corrected chi connectivity index (χ0v) is 14.2. The standard InChI is InChI=1S/C17H23FN4O2/c1-20-8-10-21(11-9-20)6-3-7-22-15-5-4-13(18)12-14(15)16(17(22)23)19-24-2/h4-5,12H,3,6-11H2,1-2H3/b19-16-. The van der Waals surface area contributed by atoms with Gasteiger partial charge in [-0.05, 0) is 38.2 Å². The Morgan fingerprint density at radius 1 is 1.21 bits per heavy atom. The number of halogens is 1. The molecule has 0 aliphatic carbocycles. The number of amides is 1. The molecule has 1 aromatic rings. The summed E-state index contributed by atoms with van der Waals surface area (Å²) >= 11 is 0. The Balaban J connectivity index is 1.66. The number of carbonyl (C=O) groups is 1. The minimum atomic E-state index is -0.385. The predicted molar refractivity (Wildman–Crippen MR) is 90.9 cm³/mol. The first-order chi connectivity index (χ1) is 11.6. The molecule has 1 aromatic carbocycles. The van der Waals surface area contributed by atoms with Gasteiger partial charge in [-0.15, -0.1) is 0 Å². The smallest absolute Gasteiger partial charge is 0.281 e. The van der Waals surface area contributed by atoms with Gasteiger partial charge in [-0.1, -0.05) is 5.16 Å². The van der Waals surface area contributed by atoms with E-state index in [0.29, 0.717) is 17.8 Å². The fraction of sp³-hybridized carbons (Fsp3) is 0.529. The van der Waals surface area contributed by atoms with Crippen molar-refractivity contribution in [1.29, 1.82) is 0 Å². The van der Waals surface area contributed by atoms with Gasteiger partial charge in [0.05, 0.1) is 5.69 Å². The molecule has 0 aromatic heterocycles. The van der Waals surface area contributed by atoms with E-state index in [1.165, 1.54) is 19.2 Å². The number of rotatable bonds is 5. The second-order valence-corrected chi connectivity index (χ2v) is 6.24. The molecule has 130 valence electrons. The summed E-state index contributed by atoms with van der Waals surface area (Å²) in [5, 5.41) is 3.79. The summed E-state index contributed by atoms with van der Waals surface area (Å²) in [5.41, 5.74) is 1.38. The fourth-order valence-electron chi connectivity index (χ4n) is 3.21. The highest BCUT2D eigenvalue weighted by Crippen LogP contribution is 2.30. The lowest BCUT2D eigenvalue weighted by molar-refractivity contribution is -0.112. The Labute approximate surface area is 141 Å². The molecule has 7 heteroatoms. The van der Waals surface area contributed by atoms with E-state index in [9.17, 15) is 9.18 Å². The van der Waals surface area contributed by atoms with Crippen LogP contribution >= 0.6 is 0 Å². The number of piperazine rings is 1. The van der Waals surface area contributed by atoms with Crippen LogP contribution in [0.1, 0.15) is 12.0 Å². The second kappa shape index (κ2) is 7.27. The lowest BCUT2D eigenvalue weighted by atomic mass is 10.1. The van der Waals surface area contributed by atoms with Crippen LogP contribution in [-0.4, -0.2) is 74.8 Å². The molecule has 0 N–H and O–H groups in total. The SMILES string of the molecule is CO/N=C1\C(=O)N(CCCN2CCN(C)CC2)c2ccc(F)cc21. The third-order valence-electron chi connectivity index (χ3n) is 4.59. The average Bonchev–Trinajstić information content (AvgIpc) is 2.82. The number of benzene rings is 1. The van der Waals surface area contributed by atoms with E-state index < -0.39 is 0 Å². The lowest BCUT2D eigenvalue weighted by Crippen LogP contribution is -2.45. The van der Waals surface area contributed by atoms with Crippen LogP contribution in [0.5, 0.6) is 0 Å². The molecule has 0 atom stereocenters. The van der Waals surface area contributed by atoms with Crippen LogP contribution < -0.4 is 4.90 Å². The maximum absolute atomic E-state index is 13.5. The van der Waals surface area contributed by atoms with Gasteiger partial charge < -0.3 is 19.5 Å². The molecular formula is C17H23FN4O2. The van der Waals surface area contributed by atoms with Crippen LogP contribution in [0.15, 0.2) is 23.4 Å². The molecule has 24 heavy (non-hydrogen) atoms. The highest BCUT2D eigenvalue weighted by Gasteiger charge is 2.34. The van der Waals surface area contributed by atoms with E-state index in [0.717, 1.165) is 39.1 Å². The van der Waals surface area contributed by atoms with Crippen molar-refractivity contribution in [3.05, 3.63) is 29.6 Å². The van der Waals surface area contributed by atoms with Crippen LogP contribution in [0.4, 0.5) is 10.1 Å². The summed E-state index contributed by atoms with van der Waals surface area (Å²) in [4.78, 5) is 23.7. The highest BCUT2D eigenvalue weighted by atomic mass is 19.1. The van der Waals surface area contributed by atoms with Gasteiger partial charge in [0.15, 0.2) is 5.71 Å². The molecular weight excluding hydrogens is 311 g/mol. The minimum absolute atomic E-state index is 0.173. The molecule has 0 spiro atoms. The second-order valence-electron chi connectivity index (χ2n) is 6.24. The quantitative estimate of drug-likeness (QED) is 0.758. The molecule has 1 fully saturated rings. The molecule has 0 bridgehead atoms. The van der Waals surface area contributed by atoms with Crippen LogP contribution in [0.2, 0.25) is 0 Å². The molecule has 1 amide bonds. The molecule has 2 aliphatic rings. The van der Waals surface area contributed by atoms with Gasteiger partial charge in [0.1, 0.15) is 12.9 Å². The largest absolute Gasteiger partial charge is 0.398 e. The number of hydrogen-bond acceptors (Lipinski definition) is 5. The normalized spacial score (nSPS) is 20.7. The highest BCUT2D eigenvalue weighted by molar-refractivity contribution is 6.54. The van der Waals surface area contributed by atoms with Crippen LogP contribution in [0, 0.1) is 5.82 Å². The van der Waals surface area contributed by atoms with E-state index in [4.69, 9.17) is 4.84 Å². The Bertz CT molecular complexity index is 641. The number of carbonyl (C=O) groups excluding carboxylic acids is 1. The molecule has 2 aliphatic heterocycles. The number of oxime groups is 1. The van der Waals surface area contributed by atoms with Crippen molar-refractivity contribution in [2.24, 2.45) is 5.16 Å². The first-order valence-electron chi connectivity index (χ1n) is 8.24. The Kier molecular flexibility index (Phi) is 5.11. The van der Waals surface area contributed by atoms with Crippen LogP contribution in [0.25, 0.3) is 0 Å². The number of nitrogens with zero attached hydrogens (tertiary/aromatic N) is 4. The van der Waals surface area contributed by atoms with Gasteiger partial charge in [0.25, 0.3) is 5.91 Å². The summed E-state index contributed by atoms with van der Waals surface area (Å²) in [6.07, 6.45) is 0.868. The number of anilines is 1. The summed E-state index contributed by atoms with van der Waals surface area (Å²) in [5.74, 6) is -0.611. The summed E-state index contributed by atoms with van der Waals surface area (Å²) < 4.78 is 13.5. The molecule has 1 saturated heterocycles. The van der Waals surface area contributed by atoms with Crippen molar-refractivity contribution in [2.45, 2.75) is 6.42 Å². The Hall–Kier alpha value is -1.99. The van der Waals surface area contributed by atoms with Crippen molar-refractivity contribution in [3.8, 4) is 0 Å². The monoisotopic (exact) mass is 334 g/mol. The van der Waals surface area contributed by atoms with Gasteiger partial charge in [-0.3, -0.25) is 4.79 Å². The average molecular weight is 334 g/mol. The summed E-state index contributed by atoms with van der Waals surface area (Å²) in [6.45, 7) is 5.81. The zero-order valence-electron chi connectivity index (χ0n) is 14.2. The minimum Gasteiger partial charge on any atom is -0.398 e. The zero-order chi connectivity index (χ0) is 17.1. The molecule has 0 unspecified atom stereocenters. The van der Waals surface area contributed by atoms with Gasteiger partial charge in [0, 0.05) is 38.3 Å². The predicted octanol–water partition coefficient (Wildman–Crippen LogP) is 1.16. The van der Waals surface area contributed by atoms with Gasteiger partial charge in [-0.2, -0.15) is 0 Å². The van der Waals surface area contributed by atoms with Gasteiger partial charge >= 0.3 is 0 Å². The first-order valence-corrected chi connectivity index (χ1v) is 8.24. The van der Waals surface area contributed by atoms with E-state index in [-0.39, 0.29) is 17.4 Å². The van der Waals surface area contributed by atoms with Gasteiger partial charge in [0.2, 0.25) is 0 Å². The number of likely N-dealkylation sites (N-methyl/N-ethyl adjacent to an activating group) is 1. The summed E-state index contributed by atoms with van der Waals surface area (Å²) in [6, 6.07) is 4.34. The van der Waals surface area contributed by atoms with Crippen LogP contribution in [-0.2, 0) is 9.63 Å². The van der Waals surface area contributed by atoms with E-state index in [1.807, 2.05) is 0 Å². The third kappa shape index (κ3) is 3.42. The van der Waals surface area contributed by atoms with Crippen molar-refractivity contribution in [2.75, 3.05) is 58.3 Å². The molecule has 0 radical (unpaired) electrons. The molecule has 6 nitrogen and oxygen atoms in total. The summed E-state index contributed by atoms with van der Waals surface area (Å²) in [7, 11) is 3.52. The number of hydrogen-bond donors (Lipinski definition) is 0. The maximum atomic E-state index is 13.5. The van der Waals surface area contributed by atoms with E-state index in [1.54, 1.807) is 11.0 Å². The molecule has 0 saturated carbocycles. The van der Waals surface area contributed by atoms with Crippen molar-refractivity contribution in [1.82, 2.24) is 9.80 Å². The first kappa shape index (κ1) is 16.9. The van der Waals surface area contributed by atoms with Crippen molar-refractivity contribution < 1.29 is 14.0 Å². The van der Waals surface area contributed by atoms with E-state index >= 15 is 0 Å². The molecule has 2 heterocycles. The number of fused-ring (bicyclic) bond motifs is 1. The lowest BCUT2D eigenvalue weighted by Gasteiger charge is -2.32. The Morgan fingerprint density at radius 2 is 1.96 bits per heavy atom. The third-order valence-corrected chi connectivity index (χ3v) is 4.59. The molecule has 3 rings (SSSR count). The Morgan fingerprint density at radius 3 is 2.67 bits per heavy atom. The van der Waals surface area contributed by atoms with Crippen molar-refractivity contribution in [3.63, 3.8) is 0 Å².